The molecule has 1 atom stereocenters. The van der Waals surface area contributed by atoms with Crippen molar-refractivity contribution in [3.05, 3.63) is 63.1 Å². The normalized spacial score (nSPS) is 11.6. The average Bonchev–Trinajstić information content (AvgIpc) is 2.74. The zero-order valence-electron chi connectivity index (χ0n) is 17.6. The molecule has 0 saturated carbocycles. The van der Waals surface area contributed by atoms with E-state index in [1.165, 1.54) is 5.56 Å². The molecule has 30 heavy (non-hydrogen) atoms. The number of ether oxygens (including phenoxy) is 1. The molecule has 162 valence electrons. The van der Waals surface area contributed by atoms with E-state index in [1.807, 2.05) is 44.2 Å². The summed E-state index contributed by atoms with van der Waals surface area (Å²) in [7, 11) is 0. The standard InChI is InChI=1S/C23H28BrClN2O3/c1-4-16-9-12-21(19(24)13-16)30-15-22(28)27(20(5-2)23(29)26-6-3)14-17-7-10-18(25)11-8-17/h7-13,20H,4-6,14-15H2,1-3H3,(H,26,29). The summed E-state index contributed by atoms with van der Waals surface area (Å²) in [5.41, 5.74) is 2.07. The Morgan fingerprint density at radius 1 is 1.10 bits per heavy atom. The maximum atomic E-state index is 13.1. The highest BCUT2D eigenvalue weighted by Gasteiger charge is 2.28. The Morgan fingerprint density at radius 2 is 1.77 bits per heavy atom. The summed E-state index contributed by atoms with van der Waals surface area (Å²) in [5, 5.41) is 3.44. The number of likely N-dealkylation sites (N-methyl/N-ethyl adjacent to an activating group) is 1. The second-order valence-corrected chi connectivity index (χ2v) is 8.16. The van der Waals surface area contributed by atoms with Crippen LogP contribution in [0.15, 0.2) is 46.9 Å². The van der Waals surface area contributed by atoms with Crippen molar-refractivity contribution in [3.63, 3.8) is 0 Å². The number of amides is 2. The van der Waals surface area contributed by atoms with Crippen molar-refractivity contribution in [1.82, 2.24) is 10.2 Å². The van der Waals surface area contributed by atoms with Crippen LogP contribution in [0.3, 0.4) is 0 Å². The van der Waals surface area contributed by atoms with Gasteiger partial charge in [0.15, 0.2) is 6.61 Å². The highest BCUT2D eigenvalue weighted by Crippen LogP contribution is 2.26. The Balaban J connectivity index is 2.19. The average molecular weight is 496 g/mol. The maximum Gasteiger partial charge on any atom is 0.261 e. The van der Waals surface area contributed by atoms with Crippen molar-refractivity contribution in [2.24, 2.45) is 0 Å². The number of benzene rings is 2. The number of aryl methyl sites for hydroxylation is 1. The molecule has 0 saturated heterocycles. The summed E-state index contributed by atoms with van der Waals surface area (Å²) in [5.74, 6) is 0.170. The molecule has 0 aliphatic rings. The van der Waals surface area contributed by atoms with Crippen molar-refractivity contribution < 1.29 is 14.3 Å². The molecule has 0 radical (unpaired) electrons. The van der Waals surface area contributed by atoms with Gasteiger partial charge >= 0.3 is 0 Å². The van der Waals surface area contributed by atoms with E-state index in [4.69, 9.17) is 16.3 Å². The Bertz CT molecular complexity index is 858. The summed E-state index contributed by atoms with van der Waals surface area (Å²) in [6.07, 6.45) is 1.41. The second-order valence-electron chi connectivity index (χ2n) is 6.87. The van der Waals surface area contributed by atoms with Crippen LogP contribution in [0.4, 0.5) is 0 Å². The molecule has 1 unspecified atom stereocenters. The quantitative estimate of drug-likeness (QED) is 0.505. The van der Waals surface area contributed by atoms with Gasteiger partial charge in [-0.15, -0.1) is 0 Å². The largest absolute Gasteiger partial charge is 0.483 e. The van der Waals surface area contributed by atoms with E-state index >= 15 is 0 Å². The van der Waals surface area contributed by atoms with Gasteiger partial charge in [-0.2, -0.15) is 0 Å². The third-order valence-corrected chi connectivity index (χ3v) is 5.63. The summed E-state index contributed by atoms with van der Waals surface area (Å²) >= 11 is 9.47. The lowest BCUT2D eigenvalue weighted by molar-refractivity contribution is -0.142. The fourth-order valence-corrected chi connectivity index (χ4v) is 3.77. The minimum Gasteiger partial charge on any atom is -0.483 e. The fourth-order valence-electron chi connectivity index (χ4n) is 3.10. The number of hydrogen-bond acceptors (Lipinski definition) is 3. The number of carbonyl (C=O) groups excluding carboxylic acids is 2. The van der Waals surface area contributed by atoms with E-state index in [0.29, 0.717) is 30.3 Å². The first-order valence-corrected chi connectivity index (χ1v) is 11.3. The van der Waals surface area contributed by atoms with E-state index in [-0.39, 0.29) is 18.4 Å². The topological polar surface area (TPSA) is 58.6 Å². The van der Waals surface area contributed by atoms with Crippen LogP contribution in [-0.4, -0.2) is 35.9 Å². The van der Waals surface area contributed by atoms with Gasteiger partial charge in [0.2, 0.25) is 5.91 Å². The van der Waals surface area contributed by atoms with Gasteiger partial charge in [0.25, 0.3) is 5.91 Å². The third kappa shape index (κ3) is 6.74. The summed E-state index contributed by atoms with van der Waals surface area (Å²) < 4.78 is 6.58. The summed E-state index contributed by atoms with van der Waals surface area (Å²) in [6, 6.07) is 12.5. The Morgan fingerprint density at radius 3 is 2.33 bits per heavy atom. The van der Waals surface area contributed by atoms with E-state index in [9.17, 15) is 9.59 Å². The molecule has 2 aromatic rings. The Hall–Kier alpha value is -2.05. The molecule has 0 aliphatic carbocycles. The van der Waals surface area contributed by atoms with Crippen LogP contribution < -0.4 is 10.1 Å². The smallest absolute Gasteiger partial charge is 0.261 e. The minimum atomic E-state index is -0.581. The number of hydrogen-bond donors (Lipinski definition) is 1. The van der Waals surface area contributed by atoms with Gasteiger partial charge in [0, 0.05) is 18.1 Å². The van der Waals surface area contributed by atoms with E-state index < -0.39 is 6.04 Å². The SMILES string of the molecule is CCNC(=O)C(CC)N(Cc1ccc(Cl)cc1)C(=O)COc1ccc(CC)cc1Br. The maximum absolute atomic E-state index is 13.1. The van der Waals surface area contributed by atoms with Gasteiger partial charge in [-0.3, -0.25) is 9.59 Å². The summed E-state index contributed by atoms with van der Waals surface area (Å²) in [6.45, 7) is 6.47. The van der Waals surface area contributed by atoms with Crippen molar-refractivity contribution in [3.8, 4) is 5.75 Å². The van der Waals surface area contributed by atoms with Crippen LogP contribution in [0.1, 0.15) is 38.3 Å². The highest BCUT2D eigenvalue weighted by atomic mass is 79.9. The second kappa shape index (κ2) is 12.0. The van der Waals surface area contributed by atoms with Crippen LogP contribution in [0.2, 0.25) is 5.02 Å². The predicted molar refractivity (Wildman–Crippen MR) is 124 cm³/mol. The van der Waals surface area contributed by atoms with Crippen molar-refractivity contribution in [1.29, 1.82) is 0 Å². The van der Waals surface area contributed by atoms with Crippen molar-refractivity contribution >= 4 is 39.3 Å². The lowest BCUT2D eigenvalue weighted by Crippen LogP contribution is -2.50. The van der Waals surface area contributed by atoms with Crippen molar-refractivity contribution in [2.75, 3.05) is 13.2 Å². The molecule has 0 aliphatic heterocycles. The molecule has 0 heterocycles. The predicted octanol–water partition coefficient (Wildman–Crippen LogP) is 4.99. The first-order valence-electron chi connectivity index (χ1n) is 10.1. The Kier molecular flexibility index (Phi) is 9.66. The number of nitrogens with zero attached hydrogens (tertiary/aromatic N) is 1. The molecule has 7 heteroatoms. The van der Waals surface area contributed by atoms with Crippen LogP contribution in [-0.2, 0) is 22.6 Å². The van der Waals surface area contributed by atoms with E-state index in [1.54, 1.807) is 17.0 Å². The number of rotatable bonds is 10. The van der Waals surface area contributed by atoms with Gasteiger partial charge in [-0.1, -0.05) is 43.6 Å². The highest BCUT2D eigenvalue weighted by molar-refractivity contribution is 9.10. The molecule has 1 N–H and O–H groups in total. The summed E-state index contributed by atoms with van der Waals surface area (Å²) in [4.78, 5) is 27.3. The number of nitrogens with one attached hydrogen (secondary N) is 1. The monoisotopic (exact) mass is 494 g/mol. The zero-order valence-corrected chi connectivity index (χ0v) is 19.9. The minimum absolute atomic E-state index is 0.159. The van der Waals surface area contributed by atoms with Gasteiger partial charge in [-0.25, -0.2) is 0 Å². The Labute approximate surface area is 191 Å². The molecule has 0 bridgehead atoms. The molecule has 2 rings (SSSR count). The van der Waals surface area contributed by atoms with Gasteiger partial charge < -0.3 is 15.0 Å². The lowest BCUT2D eigenvalue weighted by Gasteiger charge is -2.30. The third-order valence-electron chi connectivity index (χ3n) is 4.76. The van der Waals surface area contributed by atoms with Crippen LogP contribution in [0.5, 0.6) is 5.75 Å². The fraction of sp³-hybridized carbons (Fsp3) is 0.391. The number of carbonyl (C=O) groups is 2. The first kappa shape index (κ1) is 24.2. The van der Waals surface area contributed by atoms with Gasteiger partial charge in [0.05, 0.1) is 4.47 Å². The zero-order chi connectivity index (χ0) is 22.1. The van der Waals surface area contributed by atoms with E-state index in [0.717, 1.165) is 16.5 Å². The molecule has 0 spiro atoms. The van der Waals surface area contributed by atoms with Crippen LogP contribution in [0.25, 0.3) is 0 Å². The first-order chi connectivity index (χ1) is 14.4. The lowest BCUT2D eigenvalue weighted by atomic mass is 10.1. The molecule has 2 aromatic carbocycles. The van der Waals surface area contributed by atoms with Gasteiger partial charge in [0.1, 0.15) is 11.8 Å². The molecule has 5 nitrogen and oxygen atoms in total. The van der Waals surface area contributed by atoms with Crippen LogP contribution in [0, 0.1) is 0 Å². The van der Waals surface area contributed by atoms with Crippen LogP contribution >= 0.6 is 27.5 Å². The molecule has 0 fully saturated rings. The molecular weight excluding hydrogens is 468 g/mol. The molecular formula is C23H28BrClN2O3. The van der Waals surface area contributed by atoms with E-state index in [2.05, 4.69) is 28.2 Å². The molecule has 2 amide bonds. The van der Waals surface area contributed by atoms with Crippen molar-refractivity contribution in [2.45, 2.75) is 46.2 Å². The molecule has 0 aromatic heterocycles. The van der Waals surface area contributed by atoms with Gasteiger partial charge in [-0.05, 0) is 71.1 Å². The number of halogens is 2.